The highest BCUT2D eigenvalue weighted by Gasteiger charge is 2.23. The van der Waals surface area contributed by atoms with Crippen LogP contribution in [0.3, 0.4) is 0 Å². The van der Waals surface area contributed by atoms with Gasteiger partial charge in [0.2, 0.25) is 0 Å². The second-order valence-electron chi connectivity index (χ2n) is 4.75. The number of rotatable bonds is 6. The first-order valence-electron chi connectivity index (χ1n) is 6.86. The number of amides is 1. The number of hydrogen-bond acceptors (Lipinski definition) is 6. The number of para-hydroxylation sites is 1. The van der Waals surface area contributed by atoms with E-state index in [0.717, 1.165) is 5.57 Å². The van der Waals surface area contributed by atoms with Gasteiger partial charge >= 0.3 is 5.97 Å². The summed E-state index contributed by atoms with van der Waals surface area (Å²) in [5.74, 6) is -0.546. The van der Waals surface area contributed by atoms with Crippen LogP contribution in [0.25, 0.3) is 6.08 Å². The quantitative estimate of drug-likeness (QED) is 0.592. The number of thiocarbonyl (C=S) groups is 1. The molecule has 1 fully saturated rings. The van der Waals surface area contributed by atoms with Gasteiger partial charge in [-0.15, -0.1) is 0 Å². The Labute approximate surface area is 148 Å². The molecule has 0 spiro atoms. The van der Waals surface area contributed by atoms with Gasteiger partial charge in [-0.2, -0.15) is 0 Å². The molecule has 1 heterocycles. The summed E-state index contributed by atoms with van der Waals surface area (Å²) in [6.07, 6.45) is 3.48. The van der Waals surface area contributed by atoms with Gasteiger partial charge in [-0.25, -0.2) is 4.79 Å². The number of benzene rings is 1. The Kier molecular flexibility index (Phi) is 5.99. The van der Waals surface area contributed by atoms with Gasteiger partial charge in [0, 0.05) is 5.56 Å². The van der Waals surface area contributed by atoms with Gasteiger partial charge in [-0.1, -0.05) is 48.3 Å². The minimum absolute atomic E-state index is 0.222. The third-order valence-electron chi connectivity index (χ3n) is 3.06. The van der Waals surface area contributed by atoms with E-state index >= 15 is 0 Å². The maximum Gasteiger partial charge on any atom is 0.341 e. The third kappa shape index (κ3) is 4.36. The zero-order valence-electron chi connectivity index (χ0n) is 13.0. The highest BCUT2D eigenvalue weighted by atomic mass is 32.2. The number of carbonyl (C=O) groups is 2. The summed E-state index contributed by atoms with van der Waals surface area (Å²) in [7, 11) is 1.48. The van der Waals surface area contributed by atoms with Gasteiger partial charge < -0.3 is 19.9 Å². The predicted octanol–water partition coefficient (Wildman–Crippen LogP) is 2.59. The van der Waals surface area contributed by atoms with E-state index in [1.54, 1.807) is 37.3 Å². The Morgan fingerprint density at radius 2 is 2.21 bits per heavy atom. The van der Waals surface area contributed by atoms with Crippen LogP contribution in [-0.4, -0.2) is 35.0 Å². The van der Waals surface area contributed by atoms with E-state index in [1.165, 1.54) is 18.9 Å². The molecule has 2 rings (SSSR count). The minimum atomic E-state index is -1.08. The van der Waals surface area contributed by atoms with E-state index in [2.05, 4.69) is 5.32 Å². The Morgan fingerprint density at radius 3 is 2.79 bits per heavy atom. The van der Waals surface area contributed by atoms with Gasteiger partial charge in [0.05, 0.1) is 12.0 Å². The van der Waals surface area contributed by atoms with Crippen LogP contribution in [0.2, 0.25) is 0 Å². The molecule has 8 heteroatoms. The second-order valence-corrected chi connectivity index (χ2v) is 6.44. The molecule has 0 unspecified atom stereocenters. The average Bonchev–Trinajstić information content (AvgIpc) is 2.89. The first-order valence-corrected chi connectivity index (χ1v) is 8.08. The van der Waals surface area contributed by atoms with E-state index < -0.39 is 12.6 Å². The van der Waals surface area contributed by atoms with Gasteiger partial charge in [0.15, 0.2) is 18.1 Å². The lowest BCUT2D eigenvalue weighted by atomic mass is 10.1. The first-order chi connectivity index (χ1) is 11.4. The van der Waals surface area contributed by atoms with E-state index in [4.69, 9.17) is 26.8 Å². The summed E-state index contributed by atoms with van der Waals surface area (Å²) in [4.78, 5) is 23.0. The van der Waals surface area contributed by atoms with Crippen molar-refractivity contribution in [2.75, 3.05) is 13.7 Å². The minimum Gasteiger partial charge on any atom is -0.493 e. The molecule has 0 saturated carbocycles. The summed E-state index contributed by atoms with van der Waals surface area (Å²) in [5.41, 5.74) is 1.38. The molecule has 1 aliphatic heterocycles. The molecular weight excluding hydrogens is 350 g/mol. The number of carboxylic acids is 1. The highest BCUT2D eigenvalue weighted by molar-refractivity contribution is 8.26. The third-order valence-corrected chi connectivity index (χ3v) is 4.41. The van der Waals surface area contributed by atoms with Crippen molar-refractivity contribution in [1.29, 1.82) is 0 Å². The lowest BCUT2D eigenvalue weighted by Gasteiger charge is -2.12. The molecule has 126 valence electrons. The summed E-state index contributed by atoms with van der Waals surface area (Å²) >= 11 is 6.17. The summed E-state index contributed by atoms with van der Waals surface area (Å²) in [6, 6.07) is 5.21. The maximum atomic E-state index is 11.8. The molecule has 2 N–H and O–H groups in total. The van der Waals surface area contributed by atoms with Crippen molar-refractivity contribution in [3.05, 3.63) is 40.3 Å². The van der Waals surface area contributed by atoms with Gasteiger partial charge in [-0.05, 0) is 18.6 Å². The normalized spacial score (nSPS) is 16.2. The Bertz CT molecular complexity index is 755. The smallest absolute Gasteiger partial charge is 0.341 e. The number of methoxy groups -OCH3 is 1. The molecule has 1 amide bonds. The van der Waals surface area contributed by atoms with Crippen LogP contribution in [0.15, 0.2) is 34.8 Å². The molecule has 1 aromatic rings. The molecule has 6 nitrogen and oxygen atoms in total. The zero-order chi connectivity index (χ0) is 17.7. The second kappa shape index (κ2) is 7.98. The van der Waals surface area contributed by atoms with Crippen molar-refractivity contribution in [1.82, 2.24) is 5.32 Å². The van der Waals surface area contributed by atoms with Crippen molar-refractivity contribution < 1.29 is 24.2 Å². The predicted molar refractivity (Wildman–Crippen MR) is 96.2 cm³/mol. The van der Waals surface area contributed by atoms with Crippen LogP contribution in [-0.2, 0) is 9.59 Å². The zero-order valence-corrected chi connectivity index (χ0v) is 14.6. The lowest BCUT2D eigenvalue weighted by molar-refractivity contribution is -0.139. The largest absolute Gasteiger partial charge is 0.493 e. The standard InChI is InChI=1S/C16H15NO5S2/c1-9(14-15(20)17-16(23)24-14)6-7-10-4-3-5-11(21-2)13(10)22-8-12(18)19/h3-7H,8H2,1-2H3,(H,18,19)(H,17,20,23). The molecule has 24 heavy (non-hydrogen) atoms. The number of carbonyl (C=O) groups excluding carboxylic acids is 1. The average molecular weight is 365 g/mol. The monoisotopic (exact) mass is 365 g/mol. The van der Waals surface area contributed by atoms with Gasteiger partial charge in [-0.3, -0.25) is 4.79 Å². The molecule has 0 aromatic heterocycles. The van der Waals surface area contributed by atoms with Crippen LogP contribution in [0, 0.1) is 0 Å². The van der Waals surface area contributed by atoms with Crippen molar-refractivity contribution in [2.24, 2.45) is 0 Å². The summed E-state index contributed by atoms with van der Waals surface area (Å²) in [6.45, 7) is 1.32. The van der Waals surface area contributed by atoms with Gasteiger partial charge in [0.1, 0.15) is 4.32 Å². The molecule has 1 aliphatic rings. The number of allylic oxidation sites excluding steroid dienone is 2. The highest BCUT2D eigenvalue weighted by Crippen LogP contribution is 2.33. The van der Waals surface area contributed by atoms with Gasteiger partial charge in [0.25, 0.3) is 5.91 Å². The topological polar surface area (TPSA) is 84.9 Å². The number of aliphatic carboxylic acids is 1. The molecule has 0 bridgehead atoms. The molecule has 0 radical (unpaired) electrons. The molecule has 0 aliphatic carbocycles. The number of hydrogen-bond donors (Lipinski definition) is 2. The Balaban J connectivity index is 2.31. The fraction of sp³-hybridized carbons (Fsp3) is 0.188. The van der Waals surface area contributed by atoms with Crippen molar-refractivity contribution >= 4 is 46.3 Å². The Hall–Kier alpha value is -2.32. The van der Waals surface area contributed by atoms with Crippen LogP contribution in [0.1, 0.15) is 12.5 Å². The summed E-state index contributed by atoms with van der Waals surface area (Å²) < 4.78 is 11.0. The summed E-state index contributed by atoms with van der Waals surface area (Å²) in [5, 5.41) is 11.4. The van der Waals surface area contributed by atoms with E-state index in [9.17, 15) is 9.59 Å². The fourth-order valence-corrected chi connectivity index (χ4v) is 3.02. The lowest BCUT2D eigenvalue weighted by Crippen LogP contribution is -2.18. The maximum absolute atomic E-state index is 11.8. The van der Waals surface area contributed by atoms with Crippen LogP contribution < -0.4 is 14.8 Å². The SMILES string of the molecule is COc1cccc(C=CC(C)=C2SC(=S)NC2=O)c1OCC(=O)O. The van der Waals surface area contributed by atoms with E-state index in [-0.39, 0.29) is 5.91 Å². The first kappa shape index (κ1) is 18.0. The fourth-order valence-electron chi connectivity index (χ4n) is 1.98. The number of ether oxygens (including phenoxy) is 2. The number of thioether (sulfide) groups is 1. The van der Waals surface area contributed by atoms with E-state index in [0.29, 0.717) is 26.3 Å². The van der Waals surface area contributed by atoms with Crippen molar-refractivity contribution in [3.63, 3.8) is 0 Å². The molecule has 0 atom stereocenters. The van der Waals surface area contributed by atoms with Crippen LogP contribution in [0.4, 0.5) is 0 Å². The number of carboxylic acid groups (broad SMARTS) is 1. The van der Waals surface area contributed by atoms with Crippen LogP contribution >= 0.6 is 24.0 Å². The van der Waals surface area contributed by atoms with Crippen LogP contribution in [0.5, 0.6) is 11.5 Å². The number of nitrogens with one attached hydrogen (secondary N) is 1. The molecular formula is C16H15NO5S2. The van der Waals surface area contributed by atoms with Crippen molar-refractivity contribution in [3.8, 4) is 11.5 Å². The molecule has 1 aromatic carbocycles. The Morgan fingerprint density at radius 1 is 1.46 bits per heavy atom. The van der Waals surface area contributed by atoms with Crippen molar-refractivity contribution in [2.45, 2.75) is 6.92 Å². The van der Waals surface area contributed by atoms with E-state index in [1.807, 2.05) is 0 Å². The molecule has 1 saturated heterocycles.